The second-order valence-corrected chi connectivity index (χ2v) is 5.12. The average Bonchev–Trinajstić information content (AvgIpc) is 2.82. The molecule has 0 spiro atoms. The number of benzene rings is 1. The number of carbonyl (C=O) groups is 1. The lowest BCUT2D eigenvalue weighted by Crippen LogP contribution is -2.29. The van der Waals surface area contributed by atoms with Crippen molar-refractivity contribution in [2.24, 2.45) is 5.92 Å². The van der Waals surface area contributed by atoms with E-state index in [1.165, 1.54) is 12.1 Å². The standard InChI is InChI=1S/C14H19FN2O2/c1-9-6-11(16)7-12(13(9)15)14(19)17-4-2-10(8-17)3-5-18/h6-7,10,18H,2-5,8,16H2,1H3. The summed E-state index contributed by atoms with van der Waals surface area (Å²) in [7, 11) is 0. The Hall–Kier alpha value is -1.62. The third-order valence-corrected chi connectivity index (χ3v) is 3.62. The summed E-state index contributed by atoms with van der Waals surface area (Å²) in [4.78, 5) is 13.9. The minimum Gasteiger partial charge on any atom is -0.399 e. The van der Waals surface area contributed by atoms with Crippen LogP contribution in [0.3, 0.4) is 0 Å². The van der Waals surface area contributed by atoms with Crippen LogP contribution in [0.5, 0.6) is 0 Å². The summed E-state index contributed by atoms with van der Waals surface area (Å²) in [5.74, 6) is -0.502. The zero-order chi connectivity index (χ0) is 14.0. The molecule has 0 bridgehead atoms. The molecule has 1 aromatic carbocycles. The fourth-order valence-electron chi connectivity index (χ4n) is 2.56. The molecule has 1 aromatic rings. The van der Waals surface area contributed by atoms with E-state index in [2.05, 4.69) is 0 Å². The first-order valence-electron chi connectivity index (χ1n) is 6.48. The van der Waals surface area contributed by atoms with Gasteiger partial charge in [-0.1, -0.05) is 0 Å². The molecule has 104 valence electrons. The zero-order valence-corrected chi connectivity index (χ0v) is 11.0. The number of likely N-dealkylation sites (tertiary alicyclic amines) is 1. The van der Waals surface area contributed by atoms with Crippen molar-refractivity contribution >= 4 is 11.6 Å². The molecule has 1 fully saturated rings. The van der Waals surface area contributed by atoms with Gasteiger partial charge in [-0.2, -0.15) is 0 Å². The monoisotopic (exact) mass is 266 g/mol. The lowest BCUT2D eigenvalue weighted by Gasteiger charge is -2.17. The molecule has 0 saturated carbocycles. The first-order chi connectivity index (χ1) is 9.02. The maximum Gasteiger partial charge on any atom is 0.256 e. The number of aryl methyl sites for hydroxylation is 1. The smallest absolute Gasteiger partial charge is 0.256 e. The van der Waals surface area contributed by atoms with Crippen LogP contribution in [0.4, 0.5) is 10.1 Å². The van der Waals surface area contributed by atoms with Gasteiger partial charge in [0.25, 0.3) is 5.91 Å². The van der Waals surface area contributed by atoms with Crippen molar-refractivity contribution in [3.05, 3.63) is 29.1 Å². The number of amides is 1. The van der Waals surface area contributed by atoms with E-state index in [-0.39, 0.29) is 18.1 Å². The Bertz CT molecular complexity index is 491. The van der Waals surface area contributed by atoms with Gasteiger partial charge in [-0.25, -0.2) is 4.39 Å². The maximum atomic E-state index is 14.0. The Labute approximate surface area is 112 Å². The molecule has 1 saturated heterocycles. The molecule has 1 aliphatic heterocycles. The van der Waals surface area contributed by atoms with Gasteiger partial charge in [-0.3, -0.25) is 4.79 Å². The summed E-state index contributed by atoms with van der Waals surface area (Å²) in [6.07, 6.45) is 1.54. The first-order valence-corrected chi connectivity index (χ1v) is 6.48. The number of rotatable bonds is 3. The summed E-state index contributed by atoms with van der Waals surface area (Å²) >= 11 is 0. The highest BCUT2D eigenvalue weighted by Crippen LogP contribution is 2.24. The van der Waals surface area contributed by atoms with Crippen LogP contribution in [0.2, 0.25) is 0 Å². The van der Waals surface area contributed by atoms with E-state index in [0.29, 0.717) is 36.7 Å². The molecule has 19 heavy (non-hydrogen) atoms. The molecule has 3 N–H and O–H groups in total. The minimum atomic E-state index is -0.496. The normalized spacial score (nSPS) is 18.9. The Morgan fingerprint density at radius 3 is 3.00 bits per heavy atom. The van der Waals surface area contributed by atoms with Gasteiger partial charge in [0.2, 0.25) is 0 Å². The Balaban J connectivity index is 2.17. The lowest BCUT2D eigenvalue weighted by molar-refractivity contribution is 0.0780. The van der Waals surface area contributed by atoms with Crippen LogP contribution in [0, 0.1) is 18.7 Å². The summed E-state index contributed by atoms with van der Waals surface area (Å²) in [5.41, 5.74) is 6.49. The van der Waals surface area contributed by atoms with Crippen molar-refractivity contribution < 1.29 is 14.3 Å². The molecule has 1 atom stereocenters. The highest BCUT2D eigenvalue weighted by molar-refractivity contribution is 5.95. The summed E-state index contributed by atoms with van der Waals surface area (Å²) in [6.45, 7) is 2.91. The van der Waals surface area contributed by atoms with Gasteiger partial charge in [0.1, 0.15) is 5.82 Å². The quantitative estimate of drug-likeness (QED) is 0.816. The Morgan fingerprint density at radius 2 is 2.32 bits per heavy atom. The number of halogens is 1. The van der Waals surface area contributed by atoms with Crippen molar-refractivity contribution in [2.75, 3.05) is 25.4 Å². The van der Waals surface area contributed by atoms with E-state index in [4.69, 9.17) is 10.8 Å². The van der Waals surface area contributed by atoms with Crippen molar-refractivity contribution in [3.8, 4) is 0 Å². The van der Waals surface area contributed by atoms with E-state index in [9.17, 15) is 9.18 Å². The highest BCUT2D eigenvalue weighted by Gasteiger charge is 2.28. The van der Waals surface area contributed by atoms with Crippen LogP contribution in [-0.2, 0) is 0 Å². The third kappa shape index (κ3) is 2.87. The van der Waals surface area contributed by atoms with Crippen LogP contribution in [0.15, 0.2) is 12.1 Å². The number of nitrogens with zero attached hydrogens (tertiary/aromatic N) is 1. The number of aliphatic hydroxyl groups is 1. The van der Waals surface area contributed by atoms with Gasteiger partial charge in [0, 0.05) is 25.4 Å². The molecular weight excluding hydrogens is 247 g/mol. The van der Waals surface area contributed by atoms with Gasteiger partial charge < -0.3 is 15.7 Å². The number of nitrogen functional groups attached to an aromatic ring is 1. The van der Waals surface area contributed by atoms with E-state index in [1.807, 2.05) is 0 Å². The topological polar surface area (TPSA) is 66.6 Å². The number of aliphatic hydroxyl groups excluding tert-OH is 1. The fraction of sp³-hybridized carbons (Fsp3) is 0.500. The van der Waals surface area contributed by atoms with E-state index < -0.39 is 5.82 Å². The Morgan fingerprint density at radius 1 is 1.58 bits per heavy atom. The minimum absolute atomic E-state index is 0.0437. The van der Waals surface area contributed by atoms with E-state index in [0.717, 1.165) is 6.42 Å². The molecule has 4 nitrogen and oxygen atoms in total. The molecule has 1 amide bonds. The zero-order valence-electron chi connectivity index (χ0n) is 11.0. The molecular formula is C14H19FN2O2. The fourth-order valence-corrected chi connectivity index (χ4v) is 2.56. The molecule has 0 radical (unpaired) electrons. The molecule has 5 heteroatoms. The van der Waals surface area contributed by atoms with Gasteiger partial charge in [0.05, 0.1) is 5.56 Å². The van der Waals surface area contributed by atoms with E-state index >= 15 is 0 Å². The van der Waals surface area contributed by atoms with Gasteiger partial charge >= 0.3 is 0 Å². The molecule has 0 aromatic heterocycles. The Kier molecular flexibility index (Phi) is 4.04. The molecule has 1 heterocycles. The molecule has 2 rings (SSSR count). The van der Waals surface area contributed by atoms with Crippen molar-refractivity contribution in [1.82, 2.24) is 4.90 Å². The summed E-state index contributed by atoms with van der Waals surface area (Å²) in [5, 5.41) is 8.91. The number of hydrogen-bond donors (Lipinski definition) is 2. The SMILES string of the molecule is Cc1cc(N)cc(C(=O)N2CCC(CCO)C2)c1F. The van der Waals surface area contributed by atoms with Crippen molar-refractivity contribution in [1.29, 1.82) is 0 Å². The van der Waals surface area contributed by atoms with Gasteiger partial charge in [0.15, 0.2) is 0 Å². The van der Waals surface area contributed by atoms with Crippen LogP contribution in [-0.4, -0.2) is 35.6 Å². The number of hydrogen-bond acceptors (Lipinski definition) is 3. The van der Waals surface area contributed by atoms with Crippen LogP contribution in [0.1, 0.15) is 28.8 Å². The van der Waals surface area contributed by atoms with E-state index in [1.54, 1.807) is 11.8 Å². The summed E-state index contributed by atoms with van der Waals surface area (Å²) in [6, 6.07) is 2.91. The van der Waals surface area contributed by atoms with Crippen LogP contribution < -0.4 is 5.73 Å². The molecule has 1 unspecified atom stereocenters. The number of anilines is 1. The largest absolute Gasteiger partial charge is 0.399 e. The number of carbonyl (C=O) groups excluding carboxylic acids is 1. The van der Waals surface area contributed by atoms with Crippen molar-refractivity contribution in [3.63, 3.8) is 0 Å². The summed E-state index contributed by atoms with van der Waals surface area (Å²) < 4.78 is 14.0. The molecule has 1 aliphatic rings. The maximum absolute atomic E-state index is 14.0. The van der Waals surface area contributed by atoms with Crippen LogP contribution in [0.25, 0.3) is 0 Å². The number of nitrogens with two attached hydrogens (primary N) is 1. The predicted octanol–water partition coefficient (Wildman–Crippen LogP) is 1.56. The van der Waals surface area contributed by atoms with Crippen LogP contribution >= 0.6 is 0 Å². The second kappa shape index (κ2) is 5.57. The predicted molar refractivity (Wildman–Crippen MR) is 71.3 cm³/mol. The average molecular weight is 266 g/mol. The first kappa shape index (κ1) is 13.8. The lowest BCUT2D eigenvalue weighted by atomic mass is 10.1. The third-order valence-electron chi connectivity index (χ3n) is 3.62. The van der Waals surface area contributed by atoms with Gasteiger partial charge in [-0.05, 0) is 43.4 Å². The highest BCUT2D eigenvalue weighted by atomic mass is 19.1. The van der Waals surface area contributed by atoms with Gasteiger partial charge in [-0.15, -0.1) is 0 Å². The molecule has 0 aliphatic carbocycles. The second-order valence-electron chi connectivity index (χ2n) is 5.12. The van der Waals surface area contributed by atoms with Crippen molar-refractivity contribution in [2.45, 2.75) is 19.8 Å².